The smallest absolute Gasteiger partial charge is 0.311 e. The minimum Gasteiger partial charge on any atom is -0.465 e. The first-order valence-electron chi connectivity index (χ1n) is 13.1. The first-order valence-corrected chi connectivity index (χ1v) is 14.3. The van der Waals surface area contributed by atoms with Crippen molar-refractivity contribution in [1.29, 1.82) is 0 Å². The highest BCUT2D eigenvalue weighted by Gasteiger charge is 2.74. The van der Waals surface area contributed by atoms with Crippen LogP contribution in [0.1, 0.15) is 24.9 Å². The van der Waals surface area contributed by atoms with E-state index in [2.05, 4.69) is 0 Å². The Morgan fingerprint density at radius 1 is 1.03 bits per heavy atom. The molecule has 39 heavy (non-hydrogen) atoms. The van der Waals surface area contributed by atoms with Crippen molar-refractivity contribution in [3.05, 3.63) is 89.5 Å². The van der Waals surface area contributed by atoms with E-state index in [1.807, 2.05) is 67.6 Å². The molecule has 4 heterocycles. The maximum Gasteiger partial charge on any atom is 0.311 e. The van der Waals surface area contributed by atoms with Crippen LogP contribution in [0.2, 0.25) is 5.02 Å². The van der Waals surface area contributed by atoms with Gasteiger partial charge in [-0.2, -0.15) is 0 Å². The maximum absolute atomic E-state index is 14.7. The van der Waals surface area contributed by atoms with Gasteiger partial charge in [-0.25, -0.2) is 0 Å². The molecule has 0 radical (unpaired) electrons. The number of hydrogen-bond acceptors (Lipinski definition) is 6. The average molecular weight is 565 g/mol. The van der Waals surface area contributed by atoms with Crippen molar-refractivity contribution in [2.45, 2.75) is 34.9 Å². The summed E-state index contributed by atoms with van der Waals surface area (Å²) in [6.45, 7) is 2.07. The predicted octanol–water partition coefficient (Wildman–Crippen LogP) is 4.17. The Balaban J connectivity index is 1.55. The number of halogens is 1. The highest BCUT2D eigenvalue weighted by Crippen LogP contribution is 2.66. The van der Waals surface area contributed by atoms with Crippen LogP contribution in [-0.4, -0.2) is 63.1 Å². The number of nitrogens with zero attached hydrogens (tertiary/aromatic N) is 2. The summed E-state index contributed by atoms with van der Waals surface area (Å²) in [6.07, 6.45) is 8.41. The van der Waals surface area contributed by atoms with E-state index in [-0.39, 0.29) is 31.6 Å². The number of rotatable bonds is 4. The number of aliphatic hydroxyl groups excluding tert-OH is 1. The Kier molecular flexibility index (Phi) is 6.60. The molecule has 1 N–H and O–H groups in total. The monoisotopic (exact) mass is 564 g/mol. The zero-order valence-corrected chi connectivity index (χ0v) is 23.0. The fraction of sp³-hybridized carbons (Fsp3) is 0.367. The number of cyclic esters (lactones) is 1. The molecule has 9 heteroatoms. The summed E-state index contributed by atoms with van der Waals surface area (Å²) in [7, 11) is 0. The number of fused-ring (bicyclic) bond motifs is 2. The summed E-state index contributed by atoms with van der Waals surface area (Å²) >= 11 is 8.02. The van der Waals surface area contributed by atoms with Gasteiger partial charge < -0.3 is 19.6 Å². The van der Waals surface area contributed by atoms with E-state index in [1.165, 1.54) is 16.7 Å². The molecule has 2 aromatic rings. The van der Waals surface area contributed by atoms with Crippen LogP contribution in [-0.2, 0) is 19.1 Å². The SMILES string of the molecule is C[C@@]12C=CCCOC(=O)[C@@H]1[C@H]1C(=O)N([C@H](CO)c3ccccc3)C3C(=O)N(c4ccccc4Cl)CC=C[C@@]31S2. The van der Waals surface area contributed by atoms with Crippen LogP contribution in [0.15, 0.2) is 78.9 Å². The zero-order chi connectivity index (χ0) is 27.4. The number of likely N-dealkylation sites (tertiary alicyclic amines) is 1. The number of esters is 1. The van der Waals surface area contributed by atoms with Crippen LogP contribution in [0.3, 0.4) is 0 Å². The number of anilines is 1. The first kappa shape index (κ1) is 26.2. The summed E-state index contributed by atoms with van der Waals surface area (Å²) in [5.41, 5.74) is 1.25. The Labute approximate surface area is 236 Å². The van der Waals surface area contributed by atoms with Crippen molar-refractivity contribution >= 4 is 46.8 Å². The van der Waals surface area contributed by atoms with Gasteiger partial charge in [0.2, 0.25) is 5.91 Å². The third kappa shape index (κ3) is 3.95. The van der Waals surface area contributed by atoms with Crippen LogP contribution in [0.25, 0.3) is 0 Å². The molecule has 0 saturated carbocycles. The second kappa shape index (κ2) is 9.84. The molecule has 6 atom stereocenters. The number of carbonyl (C=O) groups is 3. The third-order valence-corrected chi connectivity index (χ3v) is 10.4. The molecule has 2 amide bonds. The summed E-state index contributed by atoms with van der Waals surface area (Å²) < 4.78 is 3.79. The van der Waals surface area contributed by atoms with Gasteiger partial charge in [-0.05, 0) is 31.0 Å². The van der Waals surface area contributed by atoms with Gasteiger partial charge in [0.05, 0.1) is 46.5 Å². The van der Waals surface area contributed by atoms with Crippen molar-refractivity contribution in [3.63, 3.8) is 0 Å². The van der Waals surface area contributed by atoms with Gasteiger partial charge >= 0.3 is 5.97 Å². The van der Waals surface area contributed by atoms with E-state index in [0.717, 1.165) is 0 Å². The van der Waals surface area contributed by atoms with Crippen LogP contribution >= 0.6 is 23.4 Å². The molecule has 2 aromatic carbocycles. The van der Waals surface area contributed by atoms with Crippen molar-refractivity contribution in [1.82, 2.24) is 4.90 Å². The summed E-state index contributed by atoms with van der Waals surface area (Å²) in [6, 6.07) is 14.6. The average Bonchev–Trinajstić information content (AvgIpc) is 3.24. The number of ether oxygens (including phenoxy) is 1. The number of hydrogen-bond donors (Lipinski definition) is 1. The second-order valence-electron chi connectivity index (χ2n) is 10.5. The van der Waals surface area contributed by atoms with E-state index in [0.29, 0.717) is 22.7 Å². The fourth-order valence-electron chi connectivity index (χ4n) is 6.68. The number of thioether (sulfide) groups is 1. The lowest BCUT2D eigenvalue weighted by Crippen LogP contribution is -2.54. The standard InChI is InChI=1S/C30H29ClN2O5S/c1-29-14-7-8-17-38-28(37)24(29)23-26(35)33(22(18-34)19-10-3-2-4-11-19)25-27(36)32(16-9-15-30(23,25)39-29)21-13-6-5-12-20(21)31/h2-7,9-15,22-25,34H,8,16-18H2,1H3/t22-,23+,24+,25?,29-,30+/m1/s1. The minimum absolute atomic E-state index is 0.242. The van der Waals surface area contributed by atoms with Crippen LogP contribution in [0.5, 0.6) is 0 Å². The van der Waals surface area contributed by atoms with Gasteiger partial charge in [0.25, 0.3) is 5.91 Å². The molecule has 4 aliphatic rings. The Morgan fingerprint density at radius 3 is 2.51 bits per heavy atom. The molecular weight excluding hydrogens is 536 g/mol. The first-order chi connectivity index (χ1) is 18.8. The Bertz CT molecular complexity index is 1380. The van der Waals surface area contributed by atoms with E-state index >= 15 is 0 Å². The number of benzene rings is 2. The van der Waals surface area contributed by atoms with Gasteiger partial charge in [-0.3, -0.25) is 14.4 Å². The second-order valence-corrected chi connectivity index (χ2v) is 12.7. The molecule has 7 nitrogen and oxygen atoms in total. The van der Waals surface area contributed by atoms with Crippen molar-refractivity contribution in [2.75, 3.05) is 24.7 Å². The van der Waals surface area contributed by atoms with Crippen LogP contribution < -0.4 is 4.90 Å². The molecule has 1 unspecified atom stereocenters. The van der Waals surface area contributed by atoms with Gasteiger partial charge in [0.1, 0.15) is 6.04 Å². The number of carbonyl (C=O) groups excluding carboxylic acids is 3. The topological polar surface area (TPSA) is 87.1 Å². The van der Waals surface area contributed by atoms with Crippen molar-refractivity contribution < 1.29 is 24.2 Å². The lowest BCUT2D eigenvalue weighted by Gasteiger charge is -2.40. The number of aliphatic hydroxyl groups is 1. The van der Waals surface area contributed by atoms with Crippen molar-refractivity contribution in [3.8, 4) is 0 Å². The molecule has 6 rings (SSSR count). The molecule has 202 valence electrons. The molecule has 1 spiro atoms. The minimum atomic E-state index is -1.06. The Hall–Kier alpha value is -3.07. The normalized spacial score (nSPS) is 32.6. The molecule has 4 aliphatic heterocycles. The van der Waals surface area contributed by atoms with E-state index in [9.17, 15) is 19.5 Å². The highest BCUT2D eigenvalue weighted by molar-refractivity contribution is 8.02. The Morgan fingerprint density at radius 2 is 1.77 bits per heavy atom. The van der Waals surface area contributed by atoms with Gasteiger partial charge in [0, 0.05) is 11.3 Å². The third-order valence-electron chi connectivity index (χ3n) is 8.29. The predicted molar refractivity (Wildman–Crippen MR) is 150 cm³/mol. The highest BCUT2D eigenvalue weighted by atomic mass is 35.5. The van der Waals surface area contributed by atoms with Gasteiger partial charge in [-0.1, -0.05) is 78.4 Å². The summed E-state index contributed by atoms with van der Waals surface area (Å²) in [5.74, 6) is -2.72. The summed E-state index contributed by atoms with van der Waals surface area (Å²) in [4.78, 5) is 45.8. The maximum atomic E-state index is 14.7. The molecule has 2 fully saturated rings. The number of amides is 2. The number of para-hydroxylation sites is 1. The lowest BCUT2D eigenvalue weighted by molar-refractivity contribution is -0.154. The van der Waals surface area contributed by atoms with E-state index in [4.69, 9.17) is 16.3 Å². The van der Waals surface area contributed by atoms with Gasteiger partial charge in [0.15, 0.2) is 0 Å². The summed E-state index contributed by atoms with van der Waals surface area (Å²) in [5, 5.41) is 11.1. The molecule has 0 aliphatic carbocycles. The van der Waals surface area contributed by atoms with Crippen molar-refractivity contribution in [2.24, 2.45) is 11.8 Å². The molecule has 0 bridgehead atoms. The lowest BCUT2D eigenvalue weighted by atomic mass is 9.74. The molecule has 2 saturated heterocycles. The quantitative estimate of drug-likeness (QED) is 0.443. The zero-order valence-electron chi connectivity index (χ0n) is 21.4. The molecular formula is C30H29ClN2O5S. The van der Waals surface area contributed by atoms with Crippen LogP contribution in [0, 0.1) is 11.8 Å². The fourth-order valence-corrected chi connectivity index (χ4v) is 9.06. The van der Waals surface area contributed by atoms with Crippen LogP contribution in [0.4, 0.5) is 5.69 Å². The van der Waals surface area contributed by atoms with E-state index in [1.54, 1.807) is 23.1 Å². The molecule has 0 aromatic heterocycles. The van der Waals surface area contributed by atoms with Gasteiger partial charge in [-0.15, -0.1) is 11.8 Å². The van der Waals surface area contributed by atoms with E-state index < -0.39 is 39.4 Å². The largest absolute Gasteiger partial charge is 0.465 e.